The Hall–Kier alpha value is -2.63. The van der Waals surface area contributed by atoms with Crippen molar-refractivity contribution >= 4 is 17.9 Å². The molecule has 1 atom stereocenters. The highest BCUT2D eigenvalue weighted by molar-refractivity contribution is 5.71. The Balaban J connectivity index is 4.38. The van der Waals surface area contributed by atoms with E-state index in [4.69, 9.17) is 14.2 Å². The van der Waals surface area contributed by atoms with Crippen molar-refractivity contribution in [3.63, 3.8) is 0 Å². The van der Waals surface area contributed by atoms with Crippen LogP contribution in [-0.2, 0) is 28.6 Å². The summed E-state index contributed by atoms with van der Waals surface area (Å²) in [7, 11) is 0. The molecule has 0 aromatic rings. The first-order valence-electron chi connectivity index (χ1n) is 22.1. The normalized spacial score (nSPS) is 12.4. The van der Waals surface area contributed by atoms with Gasteiger partial charge in [-0.25, -0.2) is 0 Å². The Kier molecular flexibility index (Phi) is 40.0. The van der Waals surface area contributed by atoms with Gasteiger partial charge in [-0.3, -0.25) is 14.4 Å². The smallest absolute Gasteiger partial charge is 0.306 e. The molecule has 0 saturated carbocycles. The molecule has 0 fully saturated rings. The molecular weight excluding hydrogens is 661 g/mol. The van der Waals surface area contributed by atoms with Crippen molar-refractivity contribution in [2.24, 2.45) is 0 Å². The van der Waals surface area contributed by atoms with Gasteiger partial charge in [0, 0.05) is 19.3 Å². The molecule has 0 aromatic carbocycles. The number of hydrogen-bond acceptors (Lipinski definition) is 6. The lowest BCUT2D eigenvalue weighted by molar-refractivity contribution is -0.167. The van der Waals surface area contributed by atoms with E-state index in [2.05, 4.69) is 69.4 Å². The second kappa shape index (κ2) is 42.1. The Morgan fingerprint density at radius 3 is 1.13 bits per heavy atom. The first kappa shape index (κ1) is 50.4. The molecule has 0 N–H and O–H groups in total. The van der Waals surface area contributed by atoms with Crippen LogP contribution < -0.4 is 0 Å². The average Bonchev–Trinajstić information content (AvgIpc) is 3.15. The van der Waals surface area contributed by atoms with Gasteiger partial charge in [-0.05, 0) is 70.6 Å². The lowest BCUT2D eigenvalue weighted by Gasteiger charge is -2.18. The molecule has 0 heterocycles. The molecule has 0 bridgehead atoms. The predicted molar refractivity (Wildman–Crippen MR) is 224 cm³/mol. The third kappa shape index (κ3) is 40.4. The summed E-state index contributed by atoms with van der Waals surface area (Å²) in [6.45, 7) is 6.37. The van der Waals surface area contributed by atoms with Crippen LogP contribution in [0.5, 0.6) is 0 Å². The van der Waals surface area contributed by atoms with Crippen molar-refractivity contribution < 1.29 is 28.6 Å². The summed E-state index contributed by atoms with van der Waals surface area (Å²) in [5.41, 5.74) is 0. The molecule has 6 heteroatoms. The first-order chi connectivity index (χ1) is 26.0. The zero-order valence-corrected chi connectivity index (χ0v) is 34.8. The fourth-order valence-electron chi connectivity index (χ4n) is 6.05. The minimum absolute atomic E-state index is 0.0806. The third-order valence-corrected chi connectivity index (χ3v) is 9.33. The lowest BCUT2D eigenvalue weighted by atomic mass is 10.1. The molecule has 53 heavy (non-hydrogen) atoms. The molecule has 0 rings (SSSR count). The molecule has 0 aliphatic rings. The second-order valence-electron chi connectivity index (χ2n) is 14.5. The number of allylic oxidation sites excluding steroid dienone is 8. The van der Waals surface area contributed by atoms with Crippen LogP contribution in [0.25, 0.3) is 0 Å². The summed E-state index contributed by atoms with van der Waals surface area (Å²) in [6, 6.07) is 0. The number of unbranched alkanes of at least 4 members (excludes halogenated alkanes) is 20. The number of carbonyl (C=O) groups is 3. The van der Waals surface area contributed by atoms with Gasteiger partial charge in [0.15, 0.2) is 6.10 Å². The largest absolute Gasteiger partial charge is 0.462 e. The van der Waals surface area contributed by atoms with Crippen molar-refractivity contribution in [1.82, 2.24) is 0 Å². The summed E-state index contributed by atoms with van der Waals surface area (Å²) in [5.74, 6) is -0.909. The SMILES string of the molecule is CC/C=C\C/C=C\CCCCCCCCCC(=O)OCC(COC(=O)CCCCCCCCCCC)OC(=O)CCCCCCC/C=C\C/C=C\CC. The fourth-order valence-corrected chi connectivity index (χ4v) is 6.05. The van der Waals surface area contributed by atoms with E-state index in [-0.39, 0.29) is 31.1 Å². The van der Waals surface area contributed by atoms with Gasteiger partial charge in [-0.2, -0.15) is 0 Å². The van der Waals surface area contributed by atoms with Gasteiger partial charge in [0.1, 0.15) is 13.2 Å². The number of esters is 3. The van der Waals surface area contributed by atoms with Crippen LogP contribution in [-0.4, -0.2) is 37.2 Å². The zero-order chi connectivity index (χ0) is 38.7. The van der Waals surface area contributed by atoms with Gasteiger partial charge < -0.3 is 14.2 Å². The molecule has 0 saturated heterocycles. The van der Waals surface area contributed by atoms with Crippen LogP contribution in [0.4, 0.5) is 0 Å². The quantitative estimate of drug-likeness (QED) is 0.0270. The van der Waals surface area contributed by atoms with Crippen molar-refractivity contribution in [3.8, 4) is 0 Å². The topological polar surface area (TPSA) is 78.9 Å². The maximum atomic E-state index is 12.7. The first-order valence-corrected chi connectivity index (χ1v) is 22.1. The number of carbonyl (C=O) groups excluding carboxylic acids is 3. The van der Waals surface area contributed by atoms with Crippen LogP contribution in [0.15, 0.2) is 48.6 Å². The van der Waals surface area contributed by atoms with Crippen molar-refractivity contribution in [2.75, 3.05) is 13.2 Å². The summed E-state index contributed by atoms with van der Waals surface area (Å²) >= 11 is 0. The predicted octanol–water partition coefficient (Wildman–Crippen LogP) is 14.0. The Morgan fingerprint density at radius 2 is 0.736 bits per heavy atom. The van der Waals surface area contributed by atoms with E-state index in [0.29, 0.717) is 19.3 Å². The molecule has 0 spiro atoms. The number of hydrogen-bond donors (Lipinski definition) is 0. The van der Waals surface area contributed by atoms with E-state index in [1.54, 1.807) is 0 Å². The highest BCUT2D eigenvalue weighted by atomic mass is 16.6. The molecule has 0 radical (unpaired) electrons. The molecule has 0 aliphatic heterocycles. The number of rotatable bonds is 39. The van der Waals surface area contributed by atoms with Crippen LogP contribution in [0, 0.1) is 0 Å². The van der Waals surface area contributed by atoms with E-state index in [1.165, 1.54) is 64.2 Å². The molecule has 0 amide bonds. The van der Waals surface area contributed by atoms with E-state index >= 15 is 0 Å². The Bertz CT molecular complexity index is 949. The lowest BCUT2D eigenvalue weighted by Crippen LogP contribution is -2.30. The van der Waals surface area contributed by atoms with Crippen LogP contribution in [0.1, 0.15) is 213 Å². The van der Waals surface area contributed by atoms with Gasteiger partial charge >= 0.3 is 17.9 Å². The number of ether oxygens (including phenoxy) is 3. The van der Waals surface area contributed by atoms with E-state index in [0.717, 1.165) is 109 Å². The average molecular weight is 743 g/mol. The summed E-state index contributed by atoms with van der Waals surface area (Å²) in [6.07, 6.45) is 48.1. The maximum absolute atomic E-state index is 12.7. The fraction of sp³-hybridized carbons (Fsp3) is 0.766. The molecular formula is C47H82O6. The summed E-state index contributed by atoms with van der Waals surface area (Å²) in [5, 5.41) is 0. The van der Waals surface area contributed by atoms with Crippen LogP contribution in [0.2, 0.25) is 0 Å². The summed E-state index contributed by atoms with van der Waals surface area (Å²) in [4.78, 5) is 37.6. The van der Waals surface area contributed by atoms with Crippen molar-refractivity contribution in [2.45, 2.75) is 219 Å². The molecule has 0 aliphatic carbocycles. The van der Waals surface area contributed by atoms with Crippen molar-refractivity contribution in [3.05, 3.63) is 48.6 Å². The highest BCUT2D eigenvalue weighted by Crippen LogP contribution is 2.14. The Morgan fingerprint density at radius 1 is 0.396 bits per heavy atom. The van der Waals surface area contributed by atoms with E-state index < -0.39 is 6.10 Å². The monoisotopic (exact) mass is 743 g/mol. The van der Waals surface area contributed by atoms with E-state index in [1.807, 2.05) is 0 Å². The van der Waals surface area contributed by atoms with Gasteiger partial charge in [0.2, 0.25) is 0 Å². The second-order valence-corrected chi connectivity index (χ2v) is 14.5. The van der Waals surface area contributed by atoms with Crippen LogP contribution >= 0.6 is 0 Å². The van der Waals surface area contributed by atoms with Gasteiger partial charge in [-0.15, -0.1) is 0 Å². The minimum Gasteiger partial charge on any atom is -0.462 e. The molecule has 306 valence electrons. The van der Waals surface area contributed by atoms with Gasteiger partial charge in [-0.1, -0.05) is 172 Å². The zero-order valence-electron chi connectivity index (χ0n) is 34.8. The molecule has 6 nitrogen and oxygen atoms in total. The third-order valence-electron chi connectivity index (χ3n) is 9.33. The molecule has 1 unspecified atom stereocenters. The molecule has 0 aromatic heterocycles. The van der Waals surface area contributed by atoms with E-state index in [9.17, 15) is 14.4 Å². The highest BCUT2D eigenvalue weighted by Gasteiger charge is 2.19. The summed E-state index contributed by atoms with van der Waals surface area (Å²) < 4.78 is 16.7. The minimum atomic E-state index is -0.778. The standard InChI is InChI=1S/C47H82O6/c1-4-7-10-13-16-19-21-23-24-26-28-31-34-37-40-46(49)52-43-44(42-51-45(48)39-36-33-30-27-18-15-12-9-6-3)53-47(50)41-38-35-32-29-25-22-20-17-14-11-8-5-2/h7-8,10-11,16-17,19-20,44H,4-6,9,12-15,18,21-43H2,1-3H3/b10-7-,11-8-,19-16-,20-17-. The maximum Gasteiger partial charge on any atom is 0.306 e. The van der Waals surface area contributed by atoms with Crippen molar-refractivity contribution in [1.29, 1.82) is 0 Å². The Labute approximate surface area is 327 Å². The van der Waals surface area contributed by atoms with Crippen LogP contribution in [0.3, 0.4) is 0 Å². The van der Waals surface area contributed by atoms with Gasteiger partial charge in [0.25, 0.3) is 0 Å². The van der Waals surface area contributed by atoms with Gasteiger partial charge in [0.05, 0.1) is 0 Å².